The minimum absolute atomic E-state index is 0. The third-order valence-electron chi connectivity index (χ3n) is 4.57. The van der Waals surface area contributed by atoms with Gasteiger partial charge in [-0.25, -0.2) is 0 Å². The number of carbonyl (C=O) groups excluding carboxylic acids is 1. The fourth-order valence-corrected chi connectivity index (χ4v) is 3.31. The van der Waals surface area contributed by atoms with Gasteiger partial charge in [0.15, 0.2) is 0 Å². The van der Waals surface area contributed by atoms with Gasteiger partial charge in [-0.1, -0.05) is 17.7 Å². The molecule has 1 N–H and O–H groups in total. The molecule has 3 rings (SSSR count). The average Bonchev–Trinajstić information content (AvgIpc) is 2.63. The van der Waals surface area contributed by atoms with E-state index in [0.717, 1.165) is 37.0 Å². The van der Waals surface area contributed by atoms with Crippen molar-refractivity contribution < 1.29 is 26.8 Å². The SMILES string of the molecule is COc1ccc(C(=O)N2CC[NH+](c3cc(Cl)ccc3C)CC2)cc1.[Cl-]. The smallest absolute Gasteiger partial charge is 0.254 e. The molecular formula is C19H22Cl2N2O2. The zero-order valence-electron chi connectivity index (χ0n) is 14.4. The maximum Gasteiger partial charge on any atom is 0.254 e. The van der Waals surface area contributed by atoms with Crippen LogP contribution in [0.5, 0.6) is 5.75 Å². The number of hydrogen-bond acceptors (Lipinski definition) is 2. The van der Waals surface area contributed by atoms with Crippen molar-refractivity contribution in [3.8, 4) is 5.75 Å². The summed E-state index contributed by atoms with van der Waals surface area (Å²) in [7, 11) is 1.62. The summed E-state index contributed by atoms with van der Waals surface area (Å²) >= 11 is 6.13. The lowest BCUT2D eigenvalue weighted by molar-refractivity contribution is -0.837. The molecular weight excluding hydrogens is 359 g/mol. The highest BCUT2D eigenvalue weighted by atomic mass is 35.5. The Balaban J connectivity index is 0.00000225. The molecule has 0 unspecified atom stereocenters. The molecule has 4 nitrogen and oxygen atoms in total. The topological polar surface area (TPSA) is 34.0 Å². The van der Waals surface area contributed by atoms with Crippen LogP contribution in [0, 0.1) is 6.92 Å². The predicted octanol–water partition coefficient (Wildman–Crippen LogP) is -0.667. The minimum Gasteiger partial charge on any atom is -1.00 e. The Bertz CT molecular complexity index is 727. The molecule has 6 heteroatoms. The van der Waals surface area contributed by atoms with E-state index in [4.69, 9.17) is 16.3 Å². The van der Waals surface area contributed by atoms with Gasteiger partial charge in [-0.15, -0.1) is 0 Å². The summed E-state index contributed by atoms with van der Waals surface area (Å²) in [5, 5.41) is 0.764. The molecule has 1 saturated heterocycles. The fraction of sp³-hybridized carbons (Fsp3) is 0.316. The van der Waals surface area contributed by atoms with Crippen molar-refractivity contribution in [2.24, 2.45) is 0 Å². The molecule has 0 aromatic heterocycles. The number of piperazine rings is 1. The van der Waals surface area contributed by atoms with Gasteiger partial charge in [0.05, 0.1) is 33.3 Å². The second kappa shape index (κ2) is 8.56. The number of aryl methyl sites for hydroxylation is 1. The van der Waals surface area contributed by atoms with Crippen LogP contribution in [0.4, 0.5) is 5.69 Å². The van der Waals surface area contributed by atoms with Gasteiger partial charge in [-0.3, -0.25) is 9.69 Å². The Hall–Kier alpha value is -1.75. The number of nitrogens with zero attached hydrogens (tertiary/aromatic N) is 1. The Morgan fingerprint density at radius 3 is 2.36 bits per heavy atom. The Kier molecular flexibility index (Phi) is 6.71. The lowest BCUT2D eigenvalue weighted by atomic mass is 10.1. The zero-order chi connectivity index (χ0) is 17.1. The third-order valence-corrected chi connectivity index (χ3v) is 4.81. The predicted molar refractivity (Wildman–Crippen MR) is 95.4 cm³/mol. The number of halogens is 2. The standard InChI is InChI=1S/C19H21ClN2O2.ClH/c1-14-3-6-16(20)13-18(14)21-9-11-22(12-10-21)19(23)15-4-7-17(24-2)8-5-15;/h3-8,13H,9-12H2,1-2H3;1H. The summed E-state index contributed by atoms with van der Waals surface area (Å²) in [4.78, 5) is 15.9. The summed E-state index contributed by atoms with van der Waals surface area (Å²) in [6.45, 7) is 5.37. The van der Waals surface area contributed by atoms with Crippen molar-refractivity contribution in [3.05, 3.63) is 58.6 Å². The Morgan fingerprint density at radius 1 is 1.12 bits per heavy atom. The first-order valence-electron chi connectivity index (χ1n) is 8.13. The molecule has 0 saturated carbocycles. The van der Waals surface area contributed by atoms with Gasteiger partial charge in [0.1, 0.15) is 11.4 Å². The number of quaternary nitrogens is 1. The highest BCUT2D eigenvalue weighted by Gasteiger charge is 2.26. The van der Waals surface area contributed by atoms with Crippen LogP contribution in [0.2, 0.25) is 5.02 Å². The monoisotopic (exact) mass is 380 g/mol. The summed E-state index contributed by atoms with van der Waals surface area (Å²) in [6, 6.07) is 13.3. The van der Waals surface area contributed by atoms with Crippen LogP contribution < -0.4 is 22.0 Å². The summed E-state index contributed by atoms with van der Waals surface area (Å²) in [6.07, 6.45) is 0. The van der Waals surface area contributed by atoms with Crippen molar-refractivity contribution in [1.29, 1.82) is 0 Å². The van der Waals surface area contributed by atoms with Crippen molar-refractivity contribution in [1.82, 2.24) is 4.90 Å². The number of nitrogens with one attached hydrogen (secondary N) is 1. The van der Waals surface area contributed by atoms with Crippen molar-refractivity contribution in [2.45, 2.75) is 6.92 Å². The van der Waals surface area contributed by atoms with Crippen LogP contribution in [0.1, 0.15) is 15.9 Å². The van der Waals surface area contributed by atoms with Crippen LogP contribution in [0.15, 0.2) is 42.5 Å². The third kappa shape index (κ3) is 4.46. The molecule has 25 heavy (non-hydrogen) atoms. The van der Waals surface area contributed by atoms with Crippen molar-refractivity contribution >= 4 is 23.2 Å². The van der Waals surface area contributed by atoms with Crippen LogP contribution in [-0.2, 0) is 0 Å². The number of rotatable bonds is 3. The first-order valence-corrected chi connectivity index (χ1v) is 8.51. The van der Waals surface area contributed by atoms with E-state index in [9.17, 15) is 4.79 Å². The number of methoxy groups -OCH3 is 1. The number of carbonyl (C=O) groups is 1. The van der Waals surface area contributed by atoms with Gasteiger partial charge in [-0.05, 0) is 37.3 Å². The molecule has 1 fully saturated rings. The Labute approximate surface area is 159 Å². The normalized spacial score (nSPS) is 14.8. The van der Waals surface area contributed by atoms with Crippen molar-refractivity contribution in [2.75, 3.05) is 33.3 Å². The van der Waals surface area contributed by atoms with Crippen LogP contribution in [0.3, 0.4) is 0 Å². The van der Waals surface area contributed by atoms with E-state index in [-0.39, 0.29) is 18.3 Å². The van der Waals surface area contributed by atoms with E-state index < -0.39 is 0 Å². The largest absolute Gasteiger partial charge is 1.00 e. The Morgan fingerprint density at radius 2 is 1.76 bits per heavy atom. The molecule has 134 valence electrons. The fourth-order valence-electron chi connectivity index (χ4n) is 3.14. The molecule has 2 aromatic rings. The molecule has 1 amide bonds. The molecule has 2 aromatic carbocycles. The van der Waals surface area contributed by atoms with E-state index in [0.29, 0.717) is 5.56 Å². The molecule has 0 aliphatic carbocycles. The molecule has 1 aliphatic rings. The van der Waals surface area contributed by atoms with E-state index in [1.54, 1.807) is 7.11 Å². The van der Waals surface area contributed by atoms with Gasteiger partial charge in [0.25, 0.3) is 5.91 Å². The molecule has 0 radical (unpaired) electrons. The summed E-state index contributed by atoms with van der Waals surface area (Å²) in [5.41, 5.74) is 3.18. The van der Waals surface area contributed by atoms with Gasteiger partial charge >= 0.3 is 0 Å². The number of hydrogen-bond donors (Lipinski definition) is 1. The second-order valence-electron chi connectivity index (χ2n) is 6.08. The van der Waals surface area contributed by atoms with Crippen molar-refractivity contribution in [3.63, 3.8) is 0 Å². The van der Waals surface area contributed by atoms with Gasteiger partial charge < -0.3 is 22.0 Å². The summed E-state index contributed by atoms with van der Waals surface area (Å²) < 4.78 is 5.14. The van der Waals surface area contributed by atoms with E-state index in [1.807, 2.05) is 41.3 Å². The van der Waals surface area contributed by atoms with Gasteiger partial charge in [0, 0.05) is 22.2 Å². The maximum atomic E-state index is 12.6. The average molecular weight is 381 g/mol. The first kappa shape index (κ1) is 19.6. The quantitative estimate of drug-likeness (QED) is 0.766. The number of ether oxygens (including phenoxy) is 1. The molecule has 0 spiro atoms. The second-order valence-corrected chi connectivity index (χ2v) is 6.52. The van der Waals surface area contributed by atoms with Gasteiger partial charge in [0.2, 0.25) is 0 Å². The number of amides is 1. The summed E-state index contributed by atoms with van der Waals surface area (Å²) in [5.74, 6) is 0.844. The van der Waals surface area contributed by atoms with E-state index in [1.165, 1.54) is 16.2 Å². The lowest BCUT2D eigenvalue weighted by Crippen LogP contribution is -3.10. The van der Waals surface area contributed by atoms with Gasteiger partial charge in [-0.2, -0.15) is 0 Å². The lowest BCUT2D eigenvalue weighted by Gasteiger charge is -2.32. The molecule has 1 aliphatic heterocycles. The van der Waals surface area contributed by atoms with E-state index in [2.05, 4.69) is 13.0 Å². The minimum atomic E-state index is 0. The van der Waals surface area contributed by atoms with Crippen LogP contribution >= 0.6 is 11.6 Å². The number of benzene rings is 2. The van der Waals surface area contributed by atoms with Crippen LogP contribution in [-0.4, -0.2) is 44.1 Å². The highest BCUT2D eigenvalue weighted by molar-refractivity contribution is 6.30. The molecule has 0 atom stereocenters. The van der Waals surface area contributed by atoms with E-state index >= 15 is 0 Å². The molecule has 1 heterocycles. The van der Waals surface area contributed by atoms with Crippen LogP contribution in [0.25, 0.3) is 0 Å². The first-order chi connectivity index (χ1) is 11.6. The maximum absolute atomic E-state index is 12.6. The zero-order valence-corrected chi connectivity index (χ0v) is 15.9. The highest BCUT2D eigenvalue weighted by Crippen LogP contribution is 2.18. The molecule has 0 bridgehead atoms.